The zero-order valence-electron chi connectivity index (χ0n) is 37.4. The van der Waals surface area contributed by atoms with E-state index in [-0.39, 0.29) is 55.6 Å². The summed E-state index contributed by atoms with van der Waals surface area (Å²) in [6.45, 7) is 15.5. The molecule has 5 aliphatic rings. The zero-order valence-corrected chi connectivity index (χ0v) is 37.4. The highest BCUT2D eigenvalue weighted by molar-refractivity contribution is 5.95. The number of rotatable bonds is 18. The molecule has 4 heterocycles. The molecular weight excluding hydrogens is 789 g/mol. The van der Waals surface area contributed by atoms with E-state index in [9.17, 15) is 24.3 Å². The first-order valence-corrected chi connectivity index (χ1v) is 23.2. The van der Waals surface area contributed by atoms with Gasteiger partial charge in [-0.3, -0.25) is 24.1 Å². The van der Waals surface area contributed by atoms with Gasteiger partial charge in [-0.05, 0) is 101 Å². The summed E-state index contributed by atoms with van der Waals surface area (Å²) in [6.07, 6.45) is 8.76. The van der Waals surface area contributed by atoms with Crippen molar-refractivity contribution in [2.45, 2.75) is 136 Å². The van der Waals surface area contributed by atoms with Gasteiger partial charge in [0, 0.05) is 55.2 Å². The number of piperidine rings is 1. The van der Waals surface area contributed by atoms with Crippen molar-refractivity contribution in [3.63, 3.8) is 0 Å². The number of Topliss-reactive ketones (excluding diaryl/α,β-unsaturated/α-hetero) is 1. The van der Waals surface area contributed by atoms with Gasteiger partial charge in [-0.2, -0.15) is 0 Å². The van der Waals surface area contributed by atoms with Gasteiger partial charge < -0.3 is 29.5 Å². The second-order valence-electron chi connectivity index (χ2n) is 20.2. The minimum absolute atomic E-state index is 0.0845. The predicted octanol–water partition coefficient (Wildman–Crippen LogP) is 7.31. The van der Waals surface area contributed by atoms with Crippen LogP contribution in [0.4, 0.5) is 5.82 Å². The summed E-state index contributed by atoms with van der Waals surface area (Å²) in [5, 5.41) is 19.1. The Balaban J connectivity index is 1.07. The number of likely N-dealkylation sites (tertiary alicyclic amines) is 2. The quantitative estimate of drug-likeness (QED) is 0.123. The summed E-state index contributed by atoms with van der Waals surface area (Å²) < 4.78 is 20.7. The Labute approximate surface area is 365 Å². The number of benzene rings is 1. The fraction of sp³-hybridized carbons (Fsp3) is 0.667. The number of carboxylic acids is 1. The summed E-state index contributed by atoms with van der Waals surface area (Å²) in [7, 11) is 0. The number of carboxylic acid groups (broad SMARTS) is 1. The molecule has 0 spiro atoms. The second-order valence-corrected chi connectivity index (χ2v) is 20.2. The second kappa shape index (κ2) is 17.8. The number of hydrogen-bond acceptors (Lipinski definition) is 11. The molecule has 3 aromatic rings. The van der Waals surface area contributed by atoms with Crippen LogP contribution in [0.15, 0.2) is 36.5 Å². The molecule has 14 nitrogen and oxygen atoms in total. The topological polar surface area (TPSA) is 165 Å². The number of nitrogens with one attached hydrogen (secondary N) is 1. The van der Waals surface area contributed by atoms with E-state index in [0.29, 0.717) is 59.9 Å². The van der Waals surface area contributed by atoms with Crippen molar-refractivity contribution in [3.05, 3.63) is 36.5 Å². The average molecular weight is 855 g/mol. The van der Waals surface area contributed by atoms with Crippen molar-refractivity contribution in [1.82, 2.24) is 24.6 Å². The van der Waals surface area contributed by atoms with Crippen molar-refractivity contribution in [3.8, 4) is 17.3 Å². The molecule has 1 aromatic carbocycles. The molecule has 2 aromatic heterocycles. The lowest BCUT2D eigenvalue weighted by atomic mass is 9.77. The van der Waals surface area contributed by atoms with Crippen LogP contribution in [0, 0.1) is 34.5 Å². The molecule has 336 valence electrons. The summed E-state index contributed by atoms with van der Waals surface area (Å²) in [5.41, 5.74) is -1.14. The van der Waals surface area contributed by atoms with E-state index in [2.05, 4.69) is 10.2 Å². The highest BCUT2D eigenvalue weighted by Gasteiger charge is 2.61. The lowest BCUT2D eigenvalue weighted by Crippen LogP contribution is -2.48. The Bertz CT molecular complexity index is 2130. The number of anilines is 1. The number of esters is 1. The first kappa shape index (κ1) is 43.9. The maximum Gasteiger partial charge on any atom is 0.310 e. The Morgan fingerprint density at radius 1 is 0.984 bits per heavy atom. The molecule has 8 rings (SSSR count). The average Bonchev–Trinajstić information content (AvgIpc) is 3.89. The van der Waals surface area contributed by atoms with E-state index < -0.39 is 40.8 Å². The maximum atomic E-state index is 14.9. The molecule has 1 amide bonds. The zero-order chi connectivity index (χ0) is 43.9. The third-order valence-corrected chi connectivity index (χ3v) is 14.2. The molecule has 3 saturated carbocycles. The Morgan fingerprint density at radius 3 is 2.42 bits per heavy atom. The minimum Gasteiger partial charge on any atom is -0.492 e. The van der Waals surface area contributed by atoms with Crippen LogP contribution in [0.3, 0.4) is 0 Å². The van der Waals surface area contributed by atoms with Gasteiger partial charge in [-0.1, -0.05) is 40.5 Å². The molecule has 3 unspecified atom stereocenters. The molecule has 8 atom stereocenters. The number of carbonyl (C=O) groups is 4. The van der Waals surface area contributed by atoms with Gasteiger partial charge in [0.15, 0.2) is 11.6 Å². The van der Waals surface area contributed by atoms with Gasteiger partial charge in [-0.15, -0.1) is 5.10 Å². The minimum atomic E-state index is -1.13. The van der Waals surface area contributed by atoms with E-state index in [1.807, 2.05) is 78.1 Å². The third kappa shape index (κ3) is 9.75. The first-order valence-electron chi connectivity index (χ1n) is 23.2. The smallest absolute Gasteiger partial charge is 0.310 e. The lowest BCUT2D eigenvalue weighted by molar-refractivity contribution is -0.157. The van der Waals surface area contributed by atoms with Gasteiger partial charge in [0.2, 0.25) is 5.91 Å². The third-order valence-electron chi connectivity index (χ3n) is 14.2. The summed E-state index contributed by atoms with van der Waals surface area (Å²) >= 11 is 0. The fourth-order valence-corrected chi connectivity index (χ4v) is 10.4. The van der Waals surface area contributed by atoms with Crippen LogP contribution < -0.4 is 14.8 Å². The van der Waals surface area contributed by atoms with E-state index in [4.69, 9.17) is 24.3 Å². The monoisotopic (exact) mass is 854 g/mol. The molecule has 3 aliphatic carbocycles. The summed E-state index contributed by atoms with van der Waals surface area (Å²) in [5.74, 6) is 0.830. The fourth-order valence-electron chi connectivity index (χ4n) is 10.4. The molecule has 5 fully saturated rings. The molecule has 0 bridgehead atoms. The summed E-state index contributed by atoms with van der Waals surface area (Å²) in [6, 6.07) is 8.70. The number of aliphatic carboxylic acids is 1. The lowest BCUT2D eigenvalue weighted by Gasteiger charge is -2.35. The Hall–Kier alpha value is -4.72. The number of fused-ring (bicyclic) bond motifs is 2. The molecular formula is C48H66N6O8. The highest BCUT2D eigenvalue weighted by atomic mass is 16.5. The van der Waals surface area contributed by atoms with E-state index in [1.165, 1.54) is 25.7 Å². The number of carbonyl (C=O) groups excluding carboxylic acids is 3. The van der Waals surface area contributed by atoms with E-state index in [0.717, 1.165) is 37.9 Å². The number of aromatic nitrogens is 3. The van der Waals surface area contributed by atoms with Crippen LogP contribution in [0.5, 0.6) is 11.5 Å². The maximum absolute atomic E-state index is 14.9. The number of pyridine rings is 1. The molecule has 0 radical (unpaired) electrons. The molecule has 62 heavy (non-hydrogen) atoms. The molecule has 2 aliphatic heterocycles. The largest absolute Gasteiger partial charge is 0.492 e. The summed E-state index contributed by atoms with van der Waals surface area (Å²) in [4.78, 5) is 64.4. The van der Waals surface area contributed by atoms with Gasteiger partial charge in [-0.25, -0.2) is 9.67 Å². The highest BCUT2D eigenvalue weighted by Crippen LogP contribution is 2.58. The number of hydrogen-bond donors (Lipinski definition) is 2. The van der Waals surface area contributed by atoms with Gasteiger partial charge in [0.25, 0.3) is 0 Å². The van der Waals surface area contributed by atoms with Crippen LogP contribution in [-0.2, 0) is 23.9 Å². The van der Waals surface area contributed by atoms with Gasteiger partial charge in [0.05, 0.1) is 35.9 Å². The SMILES string of the molecule is CC[C@@H]1C[C@]1(CC(=O)[C@@H]1CC(Oc2cc(-n3ccc(NC(C)C)n3)nc3cc(OCCN4CCCCC4)ccc23)CN1C(=O)[C@@H](CC(=O)OC1CC2C[C@H]2C1)C(C)(C)C)C(=O)O. The Morgan fingerprint density at radius 2 is 1.74 bits per heavy atom. The predicted molar refractivity (Wildman–Crippen MR) is 234 cm³/mol. The number of amides is 1. The van der Waals surface area contributed by atoms with Gasteiger partial charge in [0.1, 0.15) is 36.1 Å². The van der Waals surface area contributed by atoms with Crippen LogP contribution >= 0.6 is 0 Å². The molecule has 14 heteroatoms. The number of ether oxygens (including phenoxy) is 3. The van der Waals surface area contributed by atoms with Crippen molar-refractivity contribution in [2.75, 3.05) is 38.1 Å². The van der Waals surface area contributed by atoms with E-state index in [1.54, 1.807) is 9.58 Å². The Kier molecular flexibility index (Phi) is 12.6. The first-order chi connectivity index (χ1) is 29.6. The van der Waals surface area contributed by atoms with Crippen molar-refractivity contribution < 1.29 is 38.5 Å². The molecule has 2 N–H and O–H groups in total. The van der Waals surface area contributed by atoms with Crippen molar-refractivity contribution in [1.29, 1.82) is 0 Å². The van der Waals surface area contributed by atoms with Crippen LogP contribution in [0.2, 0.25) is 0 Å². The normalized spacial score (nSPS) is 27.5. The molecule has 2 saturated heterocycles. The number of ketones is 1. The standard InChI is InChI=1S/C48H66N6O8/c1-7-32-26-48(32,46(58)59)27-40(55)39-23-35(28-53(39)45(57)37(47(4,5)6)24-44(56)62-34-20-30-19-31(30)21-34)61-41-25-43(54-16-13-42(51-54)49-29(2)3)50-38-22-33(11-12-36(38)41)60-18-17-52-14-9-8-10-15-52/h11-13,16,22,25,29-32,34-35,37,39H,7-10,14-15,17-21,23-24,26-28H2,1-6H3,(H,49,51)(H,58,59)/t30-,31?,32+,34?,35?,37+,39-,48+/m0/s1. The van der Waals surface area contributed by atoms with E-state index >= 15 is 0 Å². The number of nitrogens with zero attached hydrogens (tertiary/aromatic N) is 5. The van der Waals surface area contributed by atoms with Crippen LogP contribution in [-0.4, -0.2) is 110 Å². The van der Waals surface area contributed by atoms with Crippen molar-refractivity contribution >= 4 is 40.3 Å². The van der Waals surface area contributed by atoms with Crippen LogP contribution in [0.25, 0.3) is 16.7 Å². The van der Waals surface area contributed by atoms with Crippen LogP contribution in [0.1, 0.15) is 112 Å². The van der Waals surface area contributed by atoms with Gasteiger partial charge >= 0.3 is 11.9 Å². The van der Waals surface area contributed by atoms with Crippen molar-refractivity contribution in [2.24, 2.45) is 34.5 Å².